The van der Waals surface area contributed by atoms with Crippen LogP contribution in [0.3, 0.4) is 0 Å². The van der Waals surface area contributed by atoms with E-state index in [1.54, 1.807) is 24.5 Å². The van der Waals surface area contributed by atoms with Gasteiger partial charge >= 0.3 is 9.15 Å². The molecule has 0 aromatic carbocycles. The van der Waals surface area contributed by atoms with Crippen LogP contribution in [0.25, 0.3) is 0 Å². The first-order valence-electron chi connectivity index (χ1n) is 4.27. The molecule has 8 heteroatoms. The molecule has 1 aromatic rings. The molecule has 0 amide bonds. The van der Waals surface area contributed by atoms with Crippen molar-refractivity contribution < 1.29 is 13.0 Å². The molecule has 0 saturated heterocycles. The van der Waals surface area contributed by atoms with Gasteiger partial charge in [-0.15, -0.1) is 0 Å². The van der Waals surface area contributed by atoms with E-state index < -0.39 is 9.15 Å². The third kappa shape index (κ3) is 5.69. The summed E-state index contributed by atoms with van der Waals surface area (Å²) >= 11 is 0. The monoisotopic (exact) mass is 261 g/mol. The Balaban J connectivity index is 2.46. The quantitative estimate of drug-likeness (QED) is 0.345. The second-order valence-electron chi connectivity index (χ2n) is 2.85. The van der Waals surface area contributed by atoms with Gasteiger partial charge in [0.05, 0.1) is 12.3 Å². The summed E-state index contributed by atoms with van der Waals surface area (Å²) in [6, 6.07) is 3.57. The number of nitrogens with two attached hydrogens (primary N) is 1. The van der Waals surface area contributed by atoms with Crippen LogP contribution in [-0.2, 0) is 15.7 Å². The molecule has 0 bridgehead atoms. The molecule has 0 saturated carbocycles. The number of aromatic nitrogens is 1. The van der Waals surface area contributed by atoms with E-state index in [1.165, 1.54) is 0 Å². The Hall–Kier alpha value is -1.12. The highest BCUT2D eigenvalue weighted by molar-refractivity contribution is 8.70. The Kier molecular flexibility index (Phi) is 4.71. The van der Waals surface area contributed by atoms with Crippen molar-refractivity contribution in [3.8, 4) is 0 Å². The largest absolute Gasteiger partial charge is 0.387 e. The predicted octanol–water partition coefficient (Wildman–Crippen LogP) is 0.475. The second-order valence-corrected chi connectivity index (χ2v) is 6.20. The molecular weight excluding hydrogens is 250 g/mol. The molecule has 0 unspecified atom stereocenters. The van der Waals surface area contributed by atoms with Crippen LogP contribution in [0.2, 0.25) is 0 Å². The molecule has 0 radical (unpaired) electrons. The van der Waals surface area contributed by atoms with Crippen LogP contribution < -0.4 is 5.73 Å². The molecule has 16 heavy (non-hydrogen) atoms. The molecule has 1 aromatic heterocycles. The molecule has 1 heterocycles. The normalized spacial score (nSPS) is 12.7. The zero-order valence-electron chi connectivity index (χ0n) is 8.28. The molecule has 0 atom stereocenters. The highest BCUT2D eigenvalue weighted by Gasteiger charge is 2.06. The summed E-state index contributed by atoms with van der Waals surface area (Å²) in [6.45, 7) is 0.361. The number of nitrogens with zero attached hydrogens (tertiary/aromatic N) is 2. The van der Waals surface area contributed by atoms with Crippen LogP contribution in [-0.4, -0.2) is 29.5 Å². The van der Waals surface area contributed by atoms with Crippen LogP contribution in [0.1, 0.15) is 5.56 Å². The van der Waals surface area contributed by atoms with Crippen molar-refractivity contribution in [1.82, 2.24) is 4.98 Å². The molecule has 0 aliphatic rings. The number of rotatable bonds is 5. The van der Waals surface area contributed by atoms with E-state index in [-0.39, 0.29) is 11.6 Å². The van der Waals surface area contributed by atoms with Gasteiger partial charge in [-0.1, -0.05) is 0 Å². The summed E-state index contributed by atoms with van der Waals surface area (Å²) in [4.78, 5) is 7.81. The minimum absolute atomic E-state index is 0.0517. The van der Waals surface area contributed by atoms with Crippen LogP contribution in [0, 0.1) is 0 Å². The highest BCUT2D eigenvalue weighted by Crippen LogP contribution is 2.08. The van der Waals surface area contributed by atoms with Gasteiger partial charge in [0.15, 0.2) is 0 Å². The maximum atomic E-state index is 10.4. The molecule has 0 fully saturated rings. The third-order valence-corrected chi connectivity index (χ3v) is 3.53. The zero-order valence-corrected chi connectivity index (χ0v) is 9.91. The van der Waals surface area contributed by atoms with Crippen LogP contribution in [0.4, 0.5) is 0 Å². The number of hydrogen-bond donors (Lipinski definition) is 2. The summed E-state index contributed by atoms with van der Waals surface area (Å²) in [5.74, 6) is 0.114. The third-order valence-electron chi connectivity index (χ3n) is 1.57. The summed E-state index contributed by atoms with van der Waals surface area (Å²) < 4.78 is 29.3. The average Bonchev–Trinajstić information content (AvgIpc) is 2.24. The van der Waals surface area contributed by atoms with Gasteiger partial charge in [0.25, 0.3) is 0 Å². The van der Waals surface area contributed by atoms with Crippen LogP contribution in [0.15, 0.2) is 29.5 Å². The van der Waals surface area contributed by atoms with Crippen molar-refractivity contribution in [1.29, 1.82) is 0 Å². The lowest BCUT2D eigenvalue weighted by molar-refractivity contribution is 0.503. The van der Waals surface area contributed by atoms with E-state index in [1.807, 2.05) is 0 Å². The van der Waals surface area contributed by atoms with Crippen molar-refractivity contribution in [2.75, 3.05) is 5.75 Å². The fourth-order valence-corrected chi connectivity index (χ4v) is 2.03. The maximum Gasteiger partial charge on any atom is 0.320 e. The van der Waals surface area contributed by atoms with Crippen molar-refractivity contribution >= 4 is 25.8 Å². The summed E-state index contributed by atoms with van der Waals surface area (Å²) in [6.07, 6.45) is 3.27. The van der Waals surface area contributed by atoms with Gasteiger partial charge in [0.1, 0.15) is 5.84 Å². The maximum absolute atomic E-state index is 10.4. The number of amidine groups is 1. The molecule has 1 rings (SSSR count). The summed E-state index contributed by atoms with van der Waals surface area (Å²) in [5.41, 5.74) is 6.39. The first-order valence-corrected chi connectivity index (χ1v) is 7.21. The minimum Gasteiger partial charge on any atom is -0.387 e. The van der Waals surface area contributed by atoms with Gasteiger partial charge in [-0.3, -0.25) is 14.5 Å². The Morgan fingerprint density at radius 2 is 2.12 bits per heavy atom. The van der Waals surface area contributed by atoms with Gasteiger partial charge in [-0.2, -0.15) is 8.42 Å². The van der Waals surface area contributed by atoms with E-state index >= 15 is 0 Å². The molecular formula is C8H11N3O3S2. The second kappa shape index (κ2) is 5.83. The summed E-state index contributed by atoms with van der Waals surface area (Å²) in [7, 11) is -3.72. The molecule has 0 spiro atoms. The Morgan fingerprint density at radius 1 is 1.50 bits per heavy atom. The lowest BCUT2D eigenvalue weighted by Crippen LogP contribution is -2.16. The van der Waals surface area contributed by atoms with Crippen LogP contribution in [0.5, 0.6) is 0 Å². The van der Waals surface area contributed by atoms with Gasteiger partial charge < -0.3 is 5.73 Å². The fourth-order valence-electron chi connectivity index (χ4n) is 0.862. The SMILES string of the molecule is NC(CSS(=O)(=O)O)=NCc1ccncc1. The first kappa shape index (κ1) is 12.9. The van der Waals surface area contributed by atoms with Crippen LogP contribution >= 0.6 is 10.8 Å². The van der Waals surface area contributed by atoms with Gasteiger partial charge in [0.2, 0.25) is 0 Å². The zero-order chi connectivity index (χ0) is 12.0. The van der Waals surface area contributed by atoms with E-state index in [0.29, 0.717) is 17.3 Å². The Bertz CT molecular complexity index is 459. The number of aliphatic imine (C=N–C) groups is 1. The van der Waals surface area contributed by atoms with Crippen molar-refractivity contribution in [2.45, 2.75) is 6.54 Å². The van der Waals surface area contributed by atoms with E-state index in [2.05, 4.69) is 9.98 Å². The lowest BCUT2D eigenvalue weighted by atomic mass is 10.3. The topological polar surface area (TPSA) is 106 Å². The smallest absolute Gasteiger partial charge is 0.320 e. The highest BCUT2D eigenvalue weighted by atomic mass is 33.1. The molecule has 88 valence electrons. The van der Waals surface area contributed by atoms with Crippen molar-refractivity contribution in [2.24, 2.45) is 10.7 Å². The van der Waals surface area contributed by atoms with Crippen molar-refractivity contribution in [3.63, 3.8) is 0 Å². The van der Waals surface area contributed by atoms with Crippen molar-refractivity contribution in [3.05, 3.63) is 30.1 Å². The summed E-state index contributed by atoms with van der Waals surface area (Å²) in [5, 5.41) is 0. The van der Waals surface area contributed by atoms with E-state index in [4.69, 9.17) is 10.3 Å². The van der Waals surface area contributed by atoms with Gasteiger partial charge in [-0.05, 0) is 17.7 Å². The number of hydrogen-bond acceptors (Lipinski definition) is 5. The van der Waals surface area contributed by atoms with Gasteiger partial charge in [0, 0.05) is 23.2 Å². The fraction of sp³-hybridized carbons (Fsp3) is 0.250. The molecule has 6 nitrogen and oxygen atoms in total. The number of pyridine rings is 1. The lowest BCUT2D eigenvalue weighted by Gasteiger charge is -1.99. The standard InChI is InChI=1S/C8H11N3O3S2/c9-8(6-15-16(12,13)14)11-5-7-1-3-10-4-2-7/h1-4H,5-6H2,(H2,9,11)(H,12,13,14). The van der Waals surface area contributed by atoms with Gasteiger partial charge in [-0.25, -0.2) is 0 Å². The van der Waals surface area contributed by atoms with E-state index in [0.717, 1.165) is 5.56 Å². The average molecular weight is 261 g/mol. The Morgan fingerprint density at radius 3 is 2.69 bits per heavy atom. The van der Waals surface area contributed by atoms with E-state index in [9.17, 15) is 8.42 Å². The molecule has 0 aliphatic carbocycles. The molecule has 0 aliphatic heterocycles. The first-order chi connectivity index (χ1) is 7.47. The molecule has 3 N–H and O–H groups in total. The predicted molar refractivity (Wildman–Crippen MR) is 63.6 cm³/mol. The Labute approximate surface area is 97.1 Å². The minimum atomic E-state index is -4.06.